The molecular formula is C21H24BrClN2O3. The fourth-order valence-corrected chi connectivity index (χ4v) is 3.91. The van der Waals surface area contributed by atoms with E-state index in [9.17, 15) is 4.79 Å². The van der Waals surface area contributed by atoms with E-state index in [2.05, 4.69) is 15.9 Å². The molecule has 1 aromatic heterocycles. The Hall–Kier alpha value is -2.18. The van der Waals surface area contributed by atoms with Gasteiger partial charge in [-0.3, -0.25) is 4.79 Å². The predicted molar refractivity (Wildman–Crippen MR) is 118 cm³/mol. The first kappa shape index (κ1) is 22.1. The summed E-state index contributed by atoms with van der Waals surface area (Å²) in [5.74, 6) is 0.784. The summed E-state index contributed by atoms with van der Waals surface area (Å²) in [4.78, 5) is 10.8. The number of carbonyl (C=O) groups excluding carboxylic acids is 1. The Bertz CT molecular complexity index is 958. The summed E-state index contributed by atoms with van der Waals surface area (Å²) in [6.45, 7) is 2.90. The van der Waals surface area contributed by atoms with Gasteiger partial charge in [0.25, 0.3) is 6.47 Å². The van der Waals surface area contributed by atoms with Gasteiger partial charge in [-0.1, -0.05) is 18.2 Å². The molecule has 28 heavy (non-hydrogen) atoms. The van der Waals surface area contributed by atoms with Gasteiger partial charge in [-0.05, 0) is 59.5 Å². The molecule has 150 valence electrons. The van der Waals surface area contributed by atoms with Crippen molar-refractivity contribution in [3.8, 4) is 5.75 Å². The molecule has 0 aliphatic heterocycles. The normalized spacial score (nSPS) is 11.7. The number of carbonyl (C=O) groups is 1. The summed E-state index contributed by atoms with van der Waals surface area (Å²) >= 11 is 3.60. The van der Waals surface area contributed by atoms with Gasteiger partial charge in [0.05, 0.1) is 12.1 Å². The molecule has 2 aromatic carbocycles. The number of anilines is 1. The van der Waals surface area contributed by atoms with Crippen molar-refractivity contribution in [1.29, 1.82) is 0 Å². The third-order valence-corrected chi connectivity index (χ3v) is 5.31. The number of nitrogen functional groups attached to an aromatic ring is 1. The highest BCUT2D eigenvalue weighted by Crippen LogP contribution is 2.38. The average Bonchev–Trinajstić information content (AvgIpc) is 3.00. The third-order valence-electron chi connectivity index (χ3n) is 4.67. The number of nitrogens with two attached hydrogens (primary N) is 1. The van der Waals surface area contributed by atoms with Crippen LogP contribution < -0.4 is 10.5 Å². The van der Waals surface area contributed by atoms with Crippen LogP contribution in [0.4, 0.5) is 5.69 Å². The highest BCUT2D eigenvalue weighted by molar-refractivity contribution is 9.10. The number of hydrogen-bond donors (Lipinski definition) is 1. The molecule has 0 spiro atoms. The number of hydrogen-bond acceptors (Lipinski definition) is 4. The summed E-state index contributed by atoms with van der Waals surface area (Å²) in [5, 5.41) is 0.959. The van der Waals surface area contributed by atoms with Gasteiger partial charge in [0.2, 0.25) is 0 Å². The predicted octanol–water partition coefficient (Wildman–Crippen LogP) is 5.19. The van der Waals surface area contributed by atoms with Crippen LogP contribution in [-0.2, 0) is 23.0 Å². The minimum atomic E-state index is -0.355. The van der Waals surface area contributed by atoms with Crippen molar-refractivity contribution >= 4 is 51.4 Å². The van der Waals surface area contributed by atoms with Crippen molar-refractivity contribution in [2.75, 3.05) is 12.3 Å². The molecule has 0 aliphatic carbocycles. The zero-order valence-corrected chi connectivity index (χ0v) is 18.3. The molecule has 1 atom stereocenters. The number of ether oxygens (including phenoxy) is 2. The lowest BCUT2D eigenvalue weighted by molar-refractivity contribution is -0.133. The maximum atomic E-state index is 10.8. The van der Waals surface area contributed by atoms with E-state index in [1.54, 1.807) is 0 Å². The van der Waals surface area contributed by atoms with Gasteiger partial charge in [-0.15, -0.1) is 12.4 Å². The molecule has 1 heterocycles. The number of aromatic nitrogens is 1. The van der Waals surface area contributed by atoms with Crippen LogP contribution in [0.25, 0.3) is 10.9 Å². The molecule has 3 aromatic rings. The Morgan fingerprint density at radius 3 is 2.71 bits per heavy atom. The lowest BCUT2D eigenvalue weighted by atomic mass is 10.1. The smallest absolute Gasteiger partial charge is 0.293 e. The number of aryl methyl sites for hydroxylation is 2. The summed E-state index contributed by atoms with van der Waals surface area (Å²) < 4.78 is 14.2. The zero-order valence-electron chi connectivity index (χ0n) is 15.9. The summed E-state index contributed by atoms with van der Waals surface area (Å²) in [6.07, 6.45) is 3.33. The van der Waals surface area contributed by atoms with Crippen molar-refractivity contribution in [2.45, 2.75) is 25.9 Å². The van der Waals surface area contributed by atoms with Crippen LogP contribution in [0.3, 0.4) is 0 Å². The minimum absolute atomic E-state index is 0. The van der Waals surface area contributed by atoms with Crippen molar-refractivity contribution in [3.63, 3.8) is 0 Å². The third kappa shape index (κ3) is 4.62. The van der Waals surface area contributed by atoms with Gasteiger partial charge >= 0.3 is 0 Å². The summed E-state index contributed by atoms with van der Waals surface area (Å²) in [5.41, 5.74) is 9.88. The summed E-state index contributed by atoms with van der Waals surface area (Å²) in [6, 6.07) is 11.8. The molecule has 2 N–H and O–H groups in total. The molecule has 7 heteroatoms. The van der Waals surface area contributed by atoms with Crippen LogP contribution in [0.5, 0.6) is 5.75 Å². The largest absolute Gasteiger partial charge is 0.493 e. The average molecular weight is 468 g/mol. The molecule has 0 aliphatic rings. The van der Waals surface area contributed by atoms with Crippen LogP contribution in [0.15, 0.2) is 47.1 Å². The van der Waals surface area contributed by atoms with E-state index in [4.69, 9.17) is 15.2 Å². The first-order chi connectivity index (χ1) is 13.0. The molecule has 0 saturated heterocycles. The van der Waals surface area contributed by atoms with Crippen LogP contribution in [0, 0.1) is 0 Å². The fourth-order valence-electron chi connectivity index (χ4n) is 3.30. The quantitative estimate of drug-likeness (QED) is 0.281. The van der Waals surface area contributed by atoms with Crippen molar-refractivity contribution in [3.05, 3.63) is 58.2 Å². The maximum Gasteiger partial charge on any atom is 0.293 e. The van der Waals surface area contributed by atoms with Crippen molar-refractivity contribution < 1.29 is 14.3 Å². The Kier molecular flexibility index (Phi) is 7.78. The molecule has 3 rings (SSSR count). The molecule has 5 nitrogen and oxygen atoms in total. The molecule has 0 fully saturated rings. The second-order valence-corrected chi connectivity index (χ2v) is 7.34. The van der Waals surface area contributed by atoms with E-state index in [-0.39, 0.29) is 18.5 Å². The van der Waals surface area contributed by atoms with Crippen LogP contribution in [0.2, 0.25) is 0 Å². The molecule has 0 radical (unpaired) electrons. The first-order valence-corrected chi connectivity index (χ1v) is 9.65. The van der Waals surface area contributed by atoms with Gasteiger partial charge in [-0.25, -0.2) is 0 Å². The van der Waals surface area contributed by atoms with Crippen LogP contribution in [-0.4, -0.2) is 17.6 Å². The number of fused-ring (bicyclic) bond motifs is 1. The van der Waals surface area contributed by atoms with E-state index < -0.39 is 0 Å². The Balaban J connectivity index is 0.00000280. The van der Waals surface area contributed by atoms with E-state index in [0.29, 0.717) is 13.1 Å². The van der Waals surface area contributed by atoms with Gasteiger partial charge in [0.15, 0.2) is 0 Å². The fraction of sp³-hybridized carbons (Fsp3) is 0.286. The molecular weight excluding hydrogens is 444 g/mol. The molecule has 0 saturated carbocycles. The molecule has 0 bridgehead atoms. The van der Waals surface area contributed by atoms with Crippen LogP contribution >= 0.6 is 28.3 Å². The van der Waals surface area contributed by atoms with E-state index in [0.717, 1.165) is 50.8 Å². The number of rotatable bonds is 8. The van der Waals surface area contributed by atoms with Crippen molar-refractivity contribution in [1.82, 2.24) is 4.57 Å². The SMILES string of the molecule is C[C@@H](OC=O)c1cn(C)c2c(Br)ccc(OCCCc3ccccc3N)c12.Cl. The van der Waals surface area contributed by atoms with E-state index >= 15 is 0 Å². The first-order valence-electron chi connectivity index (χ1n) is 8.85. The number of halogens is 2. The Morgan fingerprint density at radius 2 is 2.00 bits per heavy atom. The topological polar surface area (TPSA) is 66.5 Å². The number of benzene rings is 2. The standard InChI is InChI=1S/C21H23BrN2O3.ClH/c1-14(27-13-25)16-12-24(2)21-17(22)9-10-19(20(16)21)26-11-5-7-15-6-3-4-8-18(15)23;/h3-4,6,8-10,12-14H,5,7,11,23H2,1-2H3;1H/t14-;/m1./s1. The lowest BCUT2D eigenvalue weighted by Gasteiger charge is -2.13. The number of nitrogens with zero attached hydrogens (tertiary/aromatic N) is 1. The van der Waals surface area contributed by atoms with Crippen molar-refractivity contribution in [2.24, 2.45) is 7.05 Å². The second kappa shape index (κ2) is 9.85. The highest BCUT2D eigenvalue weighted by atomic mass is 79.9. The van der Waals surface area contributed by atoms with E-state index in [1.165, 1.54) is 0 Å². The minimum Gasteiger partial charge on any atom is -0.493 e. The van der Waals surface area contributed by atoms with Gasteiger partial charge < -0.3 is 19.8 Å². The van der Waals surface area contributed by atoms with Gasteiger partial charge in [0, 0.05) is 34.4 Å². The van der Waals surface area contributed by atoms with Crippen LogP contribution in [0.1, 0.15) is 30.6 Å². The highest BCUT2D eigenvalue weighted by Gasteiger charge is 2.19. The number of para-hydroxylation sites is 1. The Morgan fingerprint density at radius 1 is 1.25 bits per heavy atom. The summed E-state index contributed by atoms with van der Waals surface area (Å²) in [7, 11) is 1.96. The van der Waals surface area contributed by atoms with Gasteiger partial charge in [-0.2, -0.15) is 0 Å². The lowest BCUT2D eigenvalue weighted by Crippen LogP contribution is -2.03. The second-order valence-electron chi connectivity index (χ2n) is 6.49. The Labute approximate surface area is 179 Å². The molecule has 0 unspecified atom stereocenters. The van der Waals surface area contributed by atoms with Gasteiger partial charge in [0.1, 0.15) is 11.9 Å². The maximum absolute atomic E-state index is 10.8. The monoisotopic (exact) mass is 466 g/mol. The zero-order chi connectivity index (χ0) is 19.4. The van der Waals surface area contributed by atoms with E-state index in [1.807, 2.05) is 61.1 Å². The molecule has 0 amide bonds.